The van der Waals surface area contributed by atoms with Crippen LogP contribution in [0.4, 0.5) is 5.82 Å². The third-order valence-corrected chi connectivity index (χ3v) is 3.48. The van der Waals surface area contributed by atoms with Gasteiger partial charge in [0.15, 0.2) is 0 Å². The number of amides is 1. The number of nitrogens with one attached hydrogen (secondary N) is 1. The van der Waals surface area contributed by atoms with Crippen molar-refractivity contribution in [3.63, 3.8) is 0 Å². The quantitative estimate of drug-likeness (QED) is 0.906. The van der Waals surface area contributed by atoms with E-state index in [9.17, 15) is 4.79 Å². The Bertz CT molecular complexity index is 402. The van der Waals surface area contributed by atoms with Crippen LogP contribution in [-0.2, 0) is 11.3 Å². The molecule has 1 amide bonds. The summed E-state index contributed by atoms with van der Waals surface area (Å²) in [6, 6.07) is 4.03. The summed E-state index contributed by atoms with van der Waals surface area (Å²) in [5.74, 6) is 1.18. The lowest BCUT2D eigenvalue weighted by Gasteiger charge is -2.24. The minimum absolute atomic E-state index is 0.287. The Morgan fingerprint density at radius 2 is 2.11 bits per heavy atom. The molecule has 4 nitrogen and oxygen atoms in total. The van der Waals surface area contributed by atoms with Gasteiger partial charge in [0.2, 0.25) is 5.91 Å². The van der Waals surface area contributed by atoms with Crippen LogP contribution in [0.5, 0.6) is 0 Å². The Labute approximate surface area is 115 Å². The number of nitrogens with zero attached hydrogens (tertiary/aromatic N) is 2. The number of anilines is 1. The Hall–Kier alpha value is -1.58. The first-order chi connectivity index (χ1) is 9.29. The molecule has 0 bridgehead atoms. The lowest BCUT2D eigenvalue weighted by Crippen LogP contribution is -2.32. The highest BCUT2D eigenvalue weighted by molar-refractivity contribution is 5.76. The van der Waals surface area contributed by atoms with E-state index in [4.69, 9.17) is 0 Å². The number of carbonyl (C=O) groups is 1. The van der Waals surface area contributed by atoms with Gasteiger partial charge in [-0.3, -0.25) is 4.79 Å². The molecule has 1 aliphatic rings. The average molecular weight is 261 g/mol. The summed E-state index contributed by atoms with van der Waals surface area (Å²) < 4.78 is 0. The molecule has 0 atom stereocenters. The van der Waals surface area contributed by atoms with Gasteiger partial charge in [0.1, 0.15) is 5.82 Å². The average Bonchev–Trinajstić information content (AvgIpc) is 2.41. The molecule has 1 aromatic rings. The standard InChI is InChI=1S/C15H23N3O/c1-2-16-14-9-8-13(11-17-14)12-18-10-6-4-3-5-7-15(18)19/h8-9,11H,2-7,10,12H2,1H3,(H,16,17). The molecule has 1 saturated heterocycles. The highest BCUT2D eigenvalue weighted by atomic mass is 16.2. The summed E-state index contributed by atoms with van der Waals surface area (Å²) in [6.45, 7) is 4.50. The number of hydrogen-bond acceptors (Lipinski definition) is 3. The maximum atomic E-state index is 12.0. The molecule has 2 rings (SSSR count). The molecular weight excluding hydrogens is 238 g/mol. The summed E-state index contributed by atoms with van der Waals surface area (Å²) in [4.78, 5) is 18.4. The van der Waals surface area contributed by atoms with Crippen LogP contribution in [-0.4, -0.2) is 28.9 Å². The molecule has 1 fully saturated rings. The lowest BCUT2D eigenvalue weighted by molar-refractivity contribution is -0.132. The smallest absolute Gasteiger partial charge is 0.222 e. The number of carbonyl (C=O) groups excluding carboxylic acids is 1. The van der Waals surface area contributed by atoms with Gasteiger partial charge in [0.25, 0.3) is 0 Å². The van der Waals surface area contributed by atoms with Crippen molar-refractivity contribution in [2.45, 2.75) is 45.6 Å². The molecule has 19 heavy (non-hydrogen) atoms. The second-order valence-corrected chi connectivity index (χ2v) is 5.06. The first kappa shape index (κ1) is 13.8. The fraction of sp³-hybridized carbons (Fsp3) is 0.600. The van der Waals surface area contributed by atoms with Crippen LogP contribution >= 0.6 is 0 Å². The maximum absolute atomic E-state index is 12.0. The molecule has 0 unspecified atom stereocenters. The molecule has 1 aromatic heterocycles. The van der Waals surface area contributed by atoms with Crippen molar-refractivity contribution < 1.29 is 4.79 Å². The van der Waals surface area contributed by atoms with Crippen molar-refractivity contribution in [1.82, 2.24) is 9.88 Å². The van der Waals surface area contributed by atoms with E-state index in [1.54, 1.807) is 0 Å². The van der Waals surface area contributed by atoms with Crippen molar-refractivity contribution in [3.8, 4) is 0 Å². The van der Waals surface area contributed by atoms with Gasteiger partial charge in [0, 0.05) is 32.3 Å². The first-order valence-corrected chi connectivity index (χ1v) is 7.26. The maximum Gasteiger partial charge on any atom is 0.222 e. The van der Waals surface area contributed by atoms with Crippen LogP contribution in [0.25, 0.3) is 0 Å². The first-order valence-electron chi connectivity index (χ1n) is 7.26. The summed E-state index contributed by atoms with van der Waals surface area (Å²) in [5, 5.41) is 3.17. The molecule has 0 radical (unpaired) electrons. The molecular formula is C15H23N3O. The van der Waals surface area contributed by atoms with E-state index >= 15 is 0 Å². The summed E-state index contributed by atoms with van der Waals surface area (Å²) in [5.41, 5.74) is 1.11. The summed E-state index contributed by atoms with van der Waals surface area (Å²) >= 11 is 0. The second-order valence-electron chi connectivity index (χ2n) is 5.06. The van der Waals surface area contributed by atoms with Crippen molar-refractivity contribution in [3.05, 3.63) is 23.9 Å². The van der Waals surface area contributed by atoms with E-state index < -0.39 is 0 Å². The van der Waals surface area contributed by atoms with Gasteiger partial charge >= 0.3 is 0 Å². The Morgan fingerprint density at radius 1 is 1.26 bits per heavy atom. The third kappa shape index (κ3) is 4.23. The SMILES string of the molecule is CCNc1ccc(CN2CCCCCCC2=O)cn1. The topological polar surface area (TPSA) is 45.2 Å². The molecule has 1 aliphatic heterocycles. The minimum atomic E-state index is 0.287. The van der Waals surface area contributed by atoms with E-state index in [2.05, 4.69) is 23.3 Å². The number of rotatable bonds is 4. The van der Waals surface area contributed by atoms with Crippen molar-refractivity contribution in [2.75, 3.05) is 18.4 Å². The Morgan fingerprint density at radius 3 is 2.84 bits per heavy atom. The van der Waals surface area contributed by atoms with Crippen LogP contribution in [0.15, 0.2) is 18.3 Å². The zero-order valence-corrected chi connectivity index (χ0v) is 11.7. The number of hydrogen-bond donors (Lipinski definition) is 1. The minimum Gasteiger partial charge on any atom is -0.370 e. The molecule has 2 heterocycles. The predicted octanol–water partition coefficient (Wildman–Crippen LogP) is 2.81. The van der Waals surface area contributed by atoms with Crippen molar-refractivity contribution >= 4 is 11.7 Å². The van der Waals surface area contributed by atoms with E-state index in [-0.39, 0.29) is 5.91 Å². The van der Waals surface area contributed by atoms with E-state index in [0.29, 0.717) is 13.0 Å². The van der Waals surface area contributed by atoms with Gasteiger partial charge in [-0.1, -0.05) is 18.9 Å². The van der Waals surface area contributed by atoms with E-state index in [0.717, 1.165) is 37.3 Å². The molecule has 0 aromatic carbocycles. The number of pyridine rings is 1. The molecule has 1 N–H and O–H groups in total. The Kier molecular flexibility index (Phi) is 5.19. The molecule has 0 spiro atoms. The van der Waals surface area contributed by atoms with Gasteiger partial charge in [-0.05, 0) is 31.4 Å². The largest absolute Gasteiger partial charge is 0.370 e. The summed E-state index contributed by atoms with van der Waals surface area (Å²) in [6.07, 6.45) is 7.15. The zero-order chi connectivity index (χ0) is 13.5. The number of likely N-dealkylation sites (tertiary alicyclic amines) is 1. The molecule has 0 saturated carbocycles. The van der Waals surface area contributed by atoms with Gasteiger partial charge < -0.3 is 10.2 Å². The lowest BCUT2D eigenvalue weighted by atomic mass is 10.1. The fourth-order valence-corrected chi connectivity index (χ4v) is 2.41. The zero-order valence-electron chi connectivity index (χ0n) is 11.7. The van der Waals surface area contributed by atoms with E-state index in [1.165, 1.54) is 12.8 Å². The van der Waals surface area contributed by atoms with Gasteiger partial charge in [-0.15, -0.1) is 0 Å². The Balaban J connectivity index is 1.95. The van der Waals surface area contributed by atoms with Gasteiger partial charge in [-0.2, -0.15) is 0 Å². The second kappa shape index (κ2) is 7.12. The highest BCUT2D eigenvalue weighted by Gasteiger charge is 2.15. The van der Waals surface area contributed by atoms with Crippen molar-refractivity contribution in [2.24, 2.45) is 0 Å². The van der Waals surface area contributed by atoms with Crippen LogP contribution in [0.3, 0.4) is 0 Å². The van der Waals surface area contributed by atoms with Crippen LogP contribution in [0, 0.1) is 0 Å². The summed E-state index contributed by atoms with van der Waals surface area (Å²) in [7, 11) is 0. The van der Waals surface area contributed by atoms with Crippen molar-refractivity contribution in [1.29, 1.82) is 0 Å². The van der Waals surface area contributed by atoms with E-state index in [1.807, 2.05) is 17.2 Å². The molecule has 104 valence electrons. The molecule has 4 heteroatoms. The third-order valence-electron chi connectivity index (χ3n) is 3.48. The predicted molar refractivity (Wildman–Crippen MR) is 76.9 cm³/mol. The fourth-order valence-electron chi connectivity index (χ4n) is 2.41. The highest BCUT2D eigenvalue weighted by Crippen LogP contribution is 2.15. The van der Waals surface area contributed by atoms with Crippen LogP contribution in [0.1, 0.15) is 44.6 Å². The monoisotopic (exact) mass is 261 g/mol. The number of aromatic nitrogens is 1. The van der Waals surface area contributed by atoms with Gasteiger partial charge in [0.05, 0.1) is 0 Å². The van der Waals surface area contributed by atoms with Crippen LogP contribution < -0.4 is 5.32 Å². The van der Waals surface area contributed by atoms with Crippen LogP contribution in [0.2, 0.25) is 0 Å². The molecule has 0 aliphatic carbocycles. The van der Waals surface area contributed by atoms with Gasteiger partial charge in [-0.25, -0.2) is 4.98 Å². The normalized spacial score (nSPS) is 16.9.